The van der Waals surface area contributed by atoms with Crippen molar-refractivity contribution in [3.05, 3.63) is 30.5 Å². The Bertz CT molecular complexity index is 1150. The maximum absolute atomic E-state index is 13.7. The zero-order chi connectivity index (χ0) is 20.1. The largest absolute Gasteiger partial charge is 0.351 e. The van der Waals surface area contributed by atoms with Crippen LogP contribution < -0.4 is 5.32 Å². The van der Waals surface area contributed by atoms with E-state index in [0.29, 0.717) is 17.6 Å². The van der Waals surface area contributed by atoms with E-state index in [4.69, 9.17) is 0 Å². The summed E-state index contributed by atoms with van der Waals surface area (Å²) in [7, 11) is 0. The van der Waals surface area contributed by atoms with Crippen LogP contribution in [0.5, 0.6) is 0 Å². The van der Waals surface area contributed by atoms with Crippen LogP contribution in [0.25, 0.3) is 33.3 Å². The second kappa shape index (κ2) is 6.54. The quantitative estimate of drug-likeness (QED) is 0.535. The Hall–Kier alpha value is -3.03. The lowest BCUT2D eigenvalue weighted by Crippen LogP contribution is -2.25. The van der Waals surface area contributed by atoms with E-state index in [-0.39, 0.29) is 6.54 Å². The van der Waals surface area contributed by atoms with Crippen LogP contribution in [0.2, 0.25) is 0 Å². The Labute approximate surface area is 162 Å². The molecule has 4 heterocycles. The summed E-state index contributed by atoms with van der Waals surface area (Å²) in [6.45, 7) is 9.43. The number of anilines is 1. The Balaban J connectivity index is 1.74. The van der Waals surface area contributed by atoms with E-state index in [0.717, 1.165) is 33.5 Å². The van der Waals surface area contributed by atoms with Gasteiger partial charge in [0.1, 0.15) is 17.1 Å². The van der Waals surface area contributed by atoms with Crippen LogP contribution in [0.1, 0.15) is 39.6 Å². The second-order valence-electron chi connectivity index (χ2n) is 7.92. The Morgan fingerprint density at radius 2 is 2.00 bits per heavy atom. The zero-order valence-corrected chi connectivity index (χ0v) is 16.7. The number of imidazole rings is 1. The molecule has 7 nitrogen and oxygen atoms in total. The van der Waals surface area contributed by atoms with Crippen molar-refractivity contribution in [2.45, 2.75) is 46.3 Å². The highest BCUT2D eigenvalue weighted by atomic mass is 19.1. The molecule has 0 bridgehead atoms. The van der Waals surface area contributed by atoms with Crippen LogP contribution in [0.3, 0.4) is 0 Å². The third-order valence-electron chi connectivity index (χ3n) is 4.65. The van der Waals surface area contributed by atoms with E-state index in [9.17, 15) is 4.39 Å². The van der Waals surface area contributed by atoms with Gasteiger partial charge in [-0.15, -0.1) is 0 Å². The molecule has 0 atom stereocenters. The highest BCUT2D eigenvalue weighted by Gasteiger charge is 2.17. The molecule has 4 aromatic rings. The summed E-state index contributed by atoms with van der Waals surface area (Å²) < 4.78 is 15.9. The van der Waals surface area contributed by atoms with E-state index in [1.807, 2.05) is 19.3 Å². The number of hydrogen-bond acceptors (Lipinski definition) is 5. The summed E-state index contributed by atoms with van der Waals surface area (Å²) in [4.78, 5) is 21.1. The molecule has 4 aromatic heterocycles. The van der Waals surface area contributed by atoms with Gasteiger partial charge in [-0.05, 0) is 40.7 Å². The first-order valence-electron chi connectivity index (χ1n) is 9.35. The second-order valence-corrected chi connectivity index (χ2v) is 7.92. The number of hydrogen-bond donors (Lipinski definition) is 2. The van der Waals surface area contributed by atoms with Gasteiger partial charge >= 0.3 is 0 Å². The molecule has 2 N–H and O–H groups in total. The highest BCUT2D eigenvalue weighted by molar-refractivity contribution is 5.95. The molecule has 0 amide bonds. The van der Waals surface area contributed by atoms with Crippen LogP contribution in [-0.2, 0) is 0 Å². The van der Waals surface area contributed by atoms with E-state index < -0.39 is 5.67 Å². The van der Waals surface area contributed by atoms with Crippen molar-refractivity contribution >= 4 is 28.1 Å². The van der Waals surface area contributed by atoms with Crippen molar-refractivity contribution in [1.29, 1.82) is 0 Å². The number of H-pyrrole nitrogens is 1. The molecular weight excluding hydrogens is 357 g/mol. The standard InChI is InChI=1S/C20H24FN7/c1-11(2)28-12(3)26-18-16(28)6-13(7-22-18)14-8-23-17-15(14)9-24-19(27-17)25-10-20(4,5)21/h6-9,11H,10H2,1-5H3,(H2,23,24,25,27). The molecule has 0 saturated carbocycles. The molecule has 0 radical (unpaired) electrons. The fourth-order valence-electron chi connectivity index (χ4n) is 3.41. The molecule has 146 valence electrons. The minimum absolute atomic E-state index is 0.144. The Morgan fingerprint density at radius 3 is 2.71 bits per heavy atom. The van der Waals surface area contributed by atoms with Gasteiger partial charge in [0, 0.05) is 41.1 Å². The smallest absolute Gasteiger partial charge is 0.224 e. The fraction of sp³-hybridized carbons (Fsp3) is 0.400. The van der Waals surface area contributed by atoms with Crippen LogP contribution >= 0.6 is 0 Å². The van der Waals surface area contributed by atoms with Gasteiger partial charge in [-0.1, -0.05) is 0 Å². The fourth-order valence-corrected chi connectivity index (χ4v) is 3.41. The number of rotatable bonds is 5. The predicted molar refractivity (Wildman–Crippen MR) is 109 cm³/mol. The number of nitrogens with zero attached hydrogens (tertiary/aromatic N) is 5. The lowest BCUT2D eigenvalue weighted by molar-refractivity contribution is 0.234. The first kappa shape index (κ1) is 18.3. The molecule has 4 rings (SSSR count). The number of aryl methyl sites for hydroxylation is 1. The SMILES string of the molecule is Cc1nc2ncc(-c3c[nH]c4nc(NCC(C)(C)F)ncc34)cc2n1C(C)C. The highest BCUT2D eigenvalue weighted by Crippen LogP contribution is 2.30. The van der Waals surface area contributed by atoms with Crippen molar-refractivity contribution in [3.63, 3.8) is 0 Å². The summed E-state index contributed by atoms with van der Waals surface area (Å²) in [5.74, 6) is 1.34. The van der Waals surface area contributed by atoms with E-state index in [1.165, 1.54) is 13.8 Å². The van der Waals surface area contributed by atoms with Gasteiger partial charge in [0.25, 0.3) is 0 Å². The third kappa shape index (κ3) is 3.30. The predicted octanol–water partition coefficient (Wildman–Crippen LogP) is 4.42. The van der Waals surface area contributed by atoms with E-state index >= 15 is 0 Å². The number of alkyl halides is 1. The minimum Gasteiger partial charge on any atom is -0.351 e. The first-order valence-corrected chi connectivity index (χ1v) is 9.35. The van der Waals surface area contributed by atoms with Gasteiger partial charge in [-0.3, -0.25) is 0 Å². The number of nitrogens with one attached hydrogen (secondary N) is 2. The van der Waals surface area contributed by atoms with Crippen molar-refractivity contribution < 1.29 is 4.39 Å². The van der Waals surface area contributed by atoms with Gasteiger partial charge < -0.3 is 14.9 Å². The van der Waals surface area contributed by atoms with Crippen LogP contribution in [0, 0.1) is 6.92 Å². The third-order valence-corrected chi connectivity index (χ3v) is 4.65. The molecule has 0 aliphatic carbocycles. The average Bonchev–Trinajstić information content (AvgIpc) is 3.18. The Morgan fingerprint density at radius 1 is 1.21 bits per heavy atom. The molecule has 0 aliphatic heterocycles. The zero-order valence-electron chi connectivity index (χ0n) is 16.7. The van der Waals surface area contributed by atoms with Crippen molar-refractivity contribution in [2.75, 3.05) is 11.9 Å². The summed E-state index contributed by atoms with van der Waals surface area (Å²) >= 11 is 0. The number of aromatic amines is 1. The first-order chi connectivity index (χ1) is 13.2. The van der Waals surface area contributed by atoms with Crippen molar-refractivity contribution in [3.8, 4) is 11.1 Å². The summed E-state index contributed by atoms with van der Waals surface area (Å²) in [5.41, 5.74) is 3.04. The van der Waals surface area contributed by atoms with E-state index in [1.54, 1.807) is 6.20 Å². The molecule has 0 fully saturated rings. The van der Waals surface area contributed by atoms with Gasteiger partial charge in [0.2, 0.25) is 5.95 Å². The molecule has 28 heavy (non-hydrogen) atoms. The molecule has 0 unspecified atom stereocenters. The molecule has 0 aliphatic rings. The van der Waals surface area contributed by atoms with Gasteiger partial charge in [-0.2, -0.15) is 4.98 Å². The molecule has 0 spiro atoms. The number of fused-ring (bicyclic) bond motifs is 2. The van der Waals surface area contributed by atoms with Crippen LogP contribution in [0.4, 0.5) is 10.3 Å². The number of halogens is 1. The summed E-state index contributed by atoms with van der Waals surface area (Å²) in [6, 6.07) is 2.39. The maximum atomic E-state index is 13.7. The van der Waals surface area contributed by atoms with E-state index in [2.05, 4.69) is 54.7 Å². The number of aromatic nitrogens is 6. The summed E-state index contributed by atoms with van der Waals surface area (Å²) in [5, 5.41) is 3.82. The van der Waals surface area contributed by atoms with Crippen LogP contribution in [0.15, 0.2) is 24.7 Å². The van der Waals surface area contributed by atoms with Crippen molar-refractivity contribution in [2.24, 2.45) is 0 Å². The molecule has 0 aromatic carbocycles. The molecule has 8 heteroatoms. The minimum atomic E-state index is -1.34. The van der Waals surface area contributed by atoms with Crippen molar-refractivity contribution in [1.82, 2.24) is 29.5 Å². The normalized spacial score (nSPS) is 12.4. The topological polar surface area (TPSA) is 84.3 Å². The van der Waals surface area contributed by atoms with Gasteiger partial charge in [0.05, 0.1) is 12.1 Å². The number of pyridine rings is 1. The van der Waals surface area contributed by atoms with Crippen LogP contribution in [-0.4, -0.2) is 41.7 Å². The maximum Gasteiger partial charge on any atom is 0.224 e. The molecular formula is C20H24FN7. The lowest BCUT2D eigenvalue weighted by Gasteiger charge is -2.14. The van der Waals surface area contributed by atoms with Gasteiger partial charge in [0.15, 0.2) is 5.65 Å². The molecule has 0 saturated heterocycles. The van der Waals surface area contributed by atoms with Gasteiger partial charge in [-0.25, -0.2) is 19.3 Å². The average molecular weight is 381 g/mol. The monoisotopic (exact) mass is 381 g/mol. The summed E-state index contributed by atoms with van der Waals surface area (Å²) in [6.07, 6.45) is 5.46. The lowest BCUT2D eigenvalue weighted by atomic mass is 10.1. The Kier molecular flexibility index (Phi) is 4.28.